The smallest absolute Gasteiger partial charge is 0.337 e. The molecule has 0 spiro atoms. The van der Waals surface area contributed by atoms with Crippen molar-refractivity contribution >= 4 is 29.2 Å². The van der Waals surface area contributed by atoms with Gasteiger partial charge in [-0.3, -0.25) is 4.79 Å². The van der Waals surface area contributed by atoms with Gasteiger partial charge in [0.2, 0.25) is 5.91 Å². The first kappa shape index (κ1) is 12.9. The van der Waals surface area contributed by atoms with Crippen LogP contribution in [0.5, 0.6) is 0 Å². The van der Waals surface area contributed by atoms with Crippen LogP contribution in [-0.2, 0) is 4.79 Å². The van der Waals surface area contributed by atoms with Crippen LogP contribution >= 0.6 is 11.6 Å². The van der Waals surface area contributed by atoms with Gasteiger partial charge in [0.05, 0.1) is 17.1 Å². The van der Waals surface area contributed by atoms with Crippen LogP contribution in [0.3, 0.4) is 0 Å². The number of anilines is 1. The molecule has 0 bridgehead atoms. The fraction of sp³-hybridized carbons (Fsp3) is 0.333. The Balaban J connectivity index is 1.94. The van der Waals surface area contributed by atoms with E-state index in [0.29, 0.717) is 11.7 Å². The lowest BCUT2D eigenvalue weighted by Gasteiger charge is -2.07. The van der Waals surface area contributed by atoms with E-state index in [1.165, 1.54) is 18.2 Å². The van der Waals surface area contributed by atoms with Crippen LogP contribution in [0.25, 0.3) is 0 Å². The fourth-order valence-electron chi connectivity index (χ4n) is 1.50. The third-order valence-corrected chi connectivity index (χ3v) is 2.92. The molecule has 0 unspecified atom stereocenters. The first-order valence-electron chi connectivity index (χ1n) is 5.62. The van der Waals surface area contributed by atoms with Crippen molar-refractivity contribution < 1.29 is 14.7 Å². The number of carbonyl (C=O) groups excluding carboxylic acids is 1. The van der Waals surface area contributed by atoms with Crippen molar-refractivity contribution in [2.45, 2.75) is 18.9 Å². The average molecular weight is 269 g/mol. The predicted molar refractivity (Wildman–Crippen MR) is 68.1 cm³/mol. The number of nitrogens with one attached hydrogen (secondary N) is 2. The van der Waals surface area contributed by atoms with Crippen molar-refractivity contribution in [1.82, 2.24) is 5.32 Å². The Morgan fingerprint density at radius 2 is 2.11 bits per heavy atom. The van der Waals surface area contributed by atoms with Crippen LogP contribution in [0.4, 0.5) is 5.69 Å². The summed E-state index contributed by atoms with van der Waals surface area (Å²) in [5, 5.41) is 14.7. The van der Waals surface area contributed by atoms with E-state index in [9.17, 15) is 9.59 Å². The molecule has 0 saturated heterocycles. The van der Waals surface area contributed by atoms with E-state index < -0.39 is 5.97 Å². The van der Waals surface area contributed by atoms with Crippen molar-refractivity contribution in [2.75, 3.05) is 11.9 Å². The number of aromatic carboxylic acids is 1. The summed E-state index contributed by atoms with van der Waals surface area (Å²) in [5.74, 6) is -1.26. The normalized spacial score (nSPS) is 14.3. The Labute approximate surface area is 109 Å². The molecule has 5 nitrogen and oxygen atoms in total. The fourth-order valence-corrected chi connectivity index (χ4v) is 1.76. The highest BCUT2D eigenvalue weighted by molar-refractivity contribution is 6.33. The Bertz CT molecular complexity index is 486. The third kappa shape index (κ3) is 3.45. The molecule has 1 aromatic rings. The molecule has 0 atom stereocenters. The zero-order chi connectivity index (χ0) is 13.1. The predicted octanol–water partition coefficient (Wildman–Crippen LogP) is 1.73. The molecule has 1 aliphatic rings. The second kappa shape index (κ2) is 5.37. The van der Waals surface area contributed by atoms with Gasteiger partial charge in [-0.2, -0.15) is 0 Å². The Morgan fingerprint density at radius 1 is 1.39 bits per heavy atom. The van der Waals surface area contributed by atoms with Gasteiger partial charge in [-0.25, -0.2) is 4.79 Å². The van der Waals surface area contributed by atoms with E-state index in [-0.39, 0.29) is 23.0 Å². The number of carbonyl (C=O) groups is 2. The topological polar surface area (TPSA) is 78.4 Å². The summed E-state index contributed by atoms with van der Waals surface area (Å²) < 4.78 is 0. The van der Waals surface area contributed by atoms with E-state index in [1.54, 1.807) is 0 Å². The Hall–Kier alpha value is -1.59. The molecule has 1 fully saturated rings. The second-order valence-corrected chi connectivity index (χ2v) is 4.61. The lowest BCUT2D eigenvalue weighted by Crippen LogP contribution is -2.29. The highest BCUT2D eigenvalue weighted by Gasteiger charge is 2.21. The summed E-state index contributed by atoms with van der Waals surface area (Å²) in [4.78, 5) is 22.3. The van der Waals surface area contributed by atoms with Gasteiger partial charge >= 0.3 is 5.97 Å². The van der Waals surface area contributed by atoms with Gasteiger partial charge in [-0.1, -0.05) is 11.6 Å². The first-order valence-corrected chi connectivity index (χ1v) is 6.00. The van der Waals surface area contributed by atoms with Gasteiger partial charge in [0, 0.05) is 11.7 Å². The van der Waals surface area contributed by atoms with Gasteiger partial charge in [-0.15, -0.1) is 0 Å². The van der Waals surface area contributed by atoms with Crippen LogP contribution in [0, 0.1) is 0 Å². The molecule has 3 N–H and O–H groups in total. The summed E-state index contributed by atoms with van der Waals surface area (Å²) in [6.45, 7) is 0.253. The van der Waals surface area contributed by atoms with Gasteiger partial charge in [0.1, 0.15) is 0 Å². The standard InChI is InChI=1S/C12H13ClN2O3/c13-10-5-8(3-4-9(10)12(17)18)15-11(16)6-14-7-1-2-7/h3-5,7,14H,1-2,6H2,(H,15,16)(H,17,18). The molecular weight excluding hydrogens is 256 g/mol. The summed E-state index contributed by atoms with van der Waals surface area (Å²) in [7, 11) is 0. The molecule has 2 rings (SSSR count). The maximum absolute atomic E-state index is 11.5. The van der Waals surface area contributed by atoms with E-state index >= 15 is 0 Å². The van der Waals surface area contributed by atoms with Crippen LogP contribution < -0.4 is 10.6 Å². The number of halogens is 1. The van der Waals surface area contributed by atoms with Crippen LogP contribution in [-0.4, -0.2) is 29.6 Å². The minimum absolute atomic E-state index is 0.0192. The third-order valence-electron chi connectivity index (χ3n) is 2.61. The monoisotopic (exact) mass is 268 g/mol. The van der Waals surface area contributed by atoms with Crippen molar-refractivity contribution in [2.24, 2.45) is 0 Å². The number of benzene rings is 1. The zero-order valence-corrected chi connectivity index (χ0v) is 10.3. The summed E-state index contributed by atoms with van der Waals surface area (Å²) >= 11 is 5.80. The van der Waals surface area contributed by atoms with Crippen LogP contribution in [0.2, 0.25) is 5.02 Å². The van der Waals surface area contributed by atoms with Crippen LogP contribution in [0.1, 0.15) is 23.2 Å². The van der Waals surface area contributed by atoms with Gasteiger partial charge < -0.3 is 15.7 Å². The van der Waals surface area contributed by atoms with Crippen molar-refractivity contribution in [3.63, 3.8) is 0 Å². The zero-order valence-electron chi connectivity index (χ0n) is 9.57. The van der Waals surface area contributed by atoms with Gasteiger partial charge in [0.15, 0.2) is 0 Å². The van der Waals surface area contributed by atoms with E-state index in [1.807, 2.05) is 0 Å². The van der Waals surface area contributed by atoms with Crippen LogP contribution in [0.15, 0.2) is 18.2 Å². The van der Waals surface area contributed by atoms with E-state index in [2.05, 4.69) is 10.6 Å². The maximum Gasteiger partial charge on any atom is 0.337 e. The summed E-state index contributed by atoms with van der Waals surface area (Å²) in [6.07, 6.45) is 2.23. The quantitative estimate of drug-likeness (QED) is 0.760. The maximum atomic E-state index is 11.5. The second-order valence-electron chi connectivity index (χ2n) is 4.20. The minimum atomic E-state index is -1.09. The largest absolute Gasteiger partial charge is 0.478 e. The van der Waals surface area contributed by atoms with Crippen molar-refractivity contribution in [3.8, 4) is 0 Å². The molecule has 18 heavy (non-hydrogen) atoms. The molecule has 96 valence electrons. The lowest BCUT2D eigenvalue weighted by molar-refractivity contribution is -0.115. The highest BCUT2D eigenvalue weighted by atomic mass is 35.5. The molecule has 1 saturated carbocycles. The molecule has 6 heteroatoms. The molecule has 0 heterocycles. The van der Waals surface area contributed by atoms with Gasteiger partial charge in [0.25, 0.3) is 0 Å². The molecule has 0 radical (unpaired) electrons. The summed E-state index contributed by atoms with van der Waals surface area (Å²) in [5.41, 5.74) is 0.512. The molecule has 1 aromatic carbocycles. The number of carboxylic acids is 1. The number of hydrogen-bond acceptors (Lipinski definition) is 3. The Kier molecular flexibility index (Phi) is 3.84. The molecular formula is C12H13ClN2O3. The summed E-state index contributed by atoms with van der Waals surface area (Å²) in [6, 6.07) is 4.78. The minimum Gasteiger partial charge on any atom is -0.478 e. The lowest BCUT2D eigenvalue weighted by atomic mass is 10.2. The number of hydrogen-bond donors (Lipinski definition) is 3. The number of rotatable bonds is 5. The molecule has 0 aliphatic heterocycles. The highest BCUT2D eigenvalue weighted by Crippen LogP contribution is 2.21. The molecule has 1 amide bonds. The molecule has 0 aromatic heterocycles. The number of carboxylic acid groups (broad SMARTS) is 1. The van der Waals surface area contributed by atoms with E-state index in [0.717, 1.165) is 12.8 Å². The van der Waals surface area contributed by atoms with Gasteiger partial charge in [-0.05, 0) is 31.0 Å². The van der Waals surface area contributed by atoms with Crippen molar-refractivity contribution in [1.29, 1.82) is 0 Å². The first-order chi connectivity index (χ1) is 8.56. The Morgan fingerprint density at radius 3 is 2.67 bits per heavy atom. The number of amides is 1. The average Bonchev–Trinajstić information content (AvgIpc) is 3.09. The molecule has 1 aliphatic carbocycles. The van der Waals surface area contributed by atoms with E-state index in [4.69, 9.17) is 16.7 Å². The SMILES string of the molecule is O=C(CNC1CC1)Nc1ccc(C(=O)O)c(Cl)c1. The van der Waals surface area contributed by atoms with Crippen molar-refractivity contribution in [3.05, 3.63) is 28.8 Å².